The van der Waals surface area contributed by atoms with Gasteiger partial charge in [0.25, 0.3) is 0 Å². The first kappa shape index (κ1) is 16.6. The van der Waals surface area contributed by atoms with E-state index in [0.29, 0.717) is 12.8 Å². The molecule has 1 heterocycles. The first-order valence-corrected chi connectivity index (χ1v) is 8.46. The van der Waals surface area contributed by atoms with Gasteiger partial charge in [-0.3, -0.25) is 9.69 Å². The molecule has 0 aromatic heterocycles. The van der Waals surface area contributed by atoms with Crippen molar-refractivity contribution >= 4 is 23.3 Å². The third kappa shape index (κ3) is 3.62. The number of halogens is 1. The Morgan fingerprint density at radius 1 is 1.26 bits per heavy atom. The van der Waals surface area contributed by atoms with Crippen LogP contribution in [0.5, 0.6) is 0 Å². The maximum atomic E-state index is 11.7. The summed E-state index contributed by atoms with van der Waals surface area (Å²) in [5.41, 5.74) is 1.14. The maximum Gasteiger partial charge on any atom is 0.308 e. The fourth-order valence-corrected chi connectivity index (χ4v) is 3.91. The molecule has 0 unspecified atom stereocenters. The summed E-state index contributed by atoms with van der Waals surface area (Å²) in [5, 5.41) is 11.0. The quantitative estimate of drug-likeness (QED) is 0.851. The molecule has 1 saturated heterocycles. The smallest absolute Gasteiger partial charge is 0.308 e. The van der Waals surface area contributed by atoms with Crippen LogP contribution in [0.4, 0.5) is 5.69 Å². The van der Waals surface area contributed by atoms with Crippen molar-refractivity contribution in [1.82, 2.24) is 4.90 Å². The Bertz CT molecular complexity index is 561. The number of nitrogens with zero attached hydrogens (tertiary/aromatic N) is 2. The summed E-state index contributed by atoms with van der Waals surface area (Å²) in [6, 6.07) is 7.95. The van der Waals surface area contributed by atoms with Crippen molar-refractivity contribution < 1.29 is 14.6 Å². The molecule has 1 aromatic carbocycles. The van der Waals surface area contributed by atoms with Crippen LogP contribution in [0.15, 0.2) is 24.3 Å². The second-order valence-electron chi connectivity index (χ2n) is 6.33. The lowest BCUT2D eigenvalue weighted by molar-refractivity contribution is -0.145. The summed E-state index contributed by atoms with van der Waals surface area (Å²) in [6.45, 7) is 3.54. The van der Waals surface area contributed by atoms with E-state index in [4.69, 9.17) is 16.3 Å². The Morgan fingerprint density at radius 3 is 2.65 bits per heavy atom. The lowest BCUT2D eigenvalue weighted by Crippen LogP contribution is -2.52. The Labute approximate surface area is 141 Å². The van der Waals surface area contributed by atoms with Crippen LogP contribution in [0.1, 0.15) is 12.8 Å². The van der Waals surface area contributed by atoms with E-state index in [9.17, 15) is 9.90 Å². The number of benzene rings is 1. The van der Waals surface area contributed by atoms with Crippen LogP contribution < -0.4 is 4.90 Å². The number of carbonyl (C=O) groups excluding carboxylic acids is 1. The van der Waals surface area contributed by atoms with Gasteiger partial charge in [0.1, 0.15) is 0 Å². The number of hydrogen-bond acceptors (Lipinski definition) is 5. The molecule has 1 aliphatic heterocycles. The molecule has 6 heteroatoms. The third-order valence-corrected chi connectivity index (χ3v) is 5.22. The number of aliphatic hydroxyl groups is 1. The zero-order chi connectivity index (χ0) is 16.4. The number of piperazine rings is 1. The lowest BCUT2D eigenvalue weighted by atomic mass is 10.1. The minimum Gasteiger partial charge on any atom is -0.469 e. The van der Waals surface area contributed by atoms with E-state index < -0.39 is 6.10 Å². The highest BCUT2D eigenvalue weighted by Crippen LogP contribution is 2.32. The van der Waals surface area contributed by atoms with E-state index >= 15 is 0 Å². The van der Waals surface area contributed by atoms with Crippen LogP contribution >= 0.6 is 11.6 Å². The van der Waals surface area contributed by atoms with Crippen molar-refractivity contribution in [1.29, 1.82) is 0 Å². The number of carbonyl (C=O) groups is 1. The van der Waals surface area contributed by atoms with Gasteiger partial charge in [-0.05, 0) is 31.0 Å². The van der Waals surface area contributed by atoms with Crippen LogP contribution in [0, 0.1) is 5.92 Å². The summed E-state index contributed by atoms with van der Waals surface area (Å²) in [4.78, 5) is 16.3. The number of esters is 1. The topological polar surface area (TPSA) is 53.0 Å². The number of methoxy groups -OCH3 is 1. The van der Waals surface area contributed by atoms with E-state index in [2.05, 4.69) is 15.9 Å². The van der Waals surface area contributed by atoms with Gasteiger partial charge in [-0.2, -0.15) is 0 Å². The highest BCUT2D eigenvalue weighted by molar-refractivity contribution is 6.30. The molecule has 0 amide bonds. The molecule has 23 heavy (non-hydrogen) atoms. The SMILES string of the molecule is COC(=O)[C@@H]1C[C@@H](O)[C@@H](N2CCN(c3cccc(Cl)c3)CC2)C1. The van der Waals surface area contributed by atoms with Gasteiger partial charge in [0.2, 0.25) is 0 Å². The van der Waals surface area contributed by atoms with Crippen LogP contribution in [0.25, 0.3) is 0 Å². The van der Waals surface area contributed by atoms with E-state index in [1.165, 1.54) is 7.11 Å². The Kier molecular flexibility index (Phi) is 5.09. The highest BCUT2D eigenvalue weighted by Gasteiger charge is 2.41. The molecule has 2 aliphatic rings. The van der Waals surface area contributed by atoms with Gasteiger partial charge in [-0.25, -0.2) is 0 Å². The summed E-state index contributed by atoms with van der Waals surface area (Å²) in [6.07, 6.45) is 0.744. The molecular weight excluding hydrogens is 316 g/mol. The Hall–Kier alpha value is -1.30. The number of hydrogen-bond donors (Lipinski definition) is 1. The molecule has 3 atom stereocenters. The van der Waals surface area contributed by atoms with Crippen molar-refractivity contribution in [2.75, 3.05) is 38.2 Å². The molecule has 1 aliphatic carbocycles. The van der Waals surface area contributed by atoms with Crippen LogP contribution in [-0.2, 0) is 9.53 Å². The highest BCUT2D eigenvalue weighted by atomic mass is 35.5. The molecule has 1 aromatic rings. The minimum atomic E-state index is -0.447. The second-order valence-corrected chi connectivity index (χ2v) is 6.77. The molecule has 3 rings (SSSR count). The maximum absolute atomic E-state index is 11.7. The molecule has 0 radical (unpaired) electrons. The predicted molar refractivity (Wildman–Crippen MR) is 89.8 cm³/mol. The summed E-state index contributed by atoms with van der Waals surface area (Å²) < 4.78 is 4.81. The summed E-state index contributed by atoms with van der Waals surface area (Å²) in [7, 11) is 1.41. The third-order valence-electron chi connectivity index (χ3n) is 4.99. The van der Waals surface area contributed by atoms with Gasteiger partial charge >= 0.3 is 5.97 Å². The van der Waals surface area contributed by atoms with Crippen molar-refractivity contribution in [2.24, 2.45) is 5.92 Å². The van der Waals surface area contributed by atoms with E-state index in [1.807, 2.05) is 18.2 Å². The van der Waals surface area contributed by atoms with Crippen molar-refractivity contribution in [3.05, 3.63) is 29.3 Å². The summed E-state index contributed by atoms with van der Waals surface area (Å²) in [5.74, 6) is -0.380. The van der Waals surface area contributed by atoms with Crippen molar-refractivity contribution in [3.63, 3.8) is 0 Å². The molecule has 1 N–H and O–H groups in total. The fraction of sp³-hybridized carbons (Fsp3) is 0.588. The van der Waals surface area contributed by atoms with Crippen molar-refractivity contribution in [3.8, 4) is 0 Å². The Morgan fingerprint density at radius 2 is 2.00 bits per heavy atom. The first-order valence-electron chi connectivity index (χ1n) is 8.09. The molecule has 2 fully saturated rings. The number of rotatable bonds is 3. The minimum absolute atomic E-state index is 0.0561. The lowest BCUT2D eigenvalue weighted by Gasteiger charge is -2.40. The van der Waals surface area contributed by atoms with Crippen molar-refractivity contribution in [2.45, 2.75) is 25.0 Å². The standard InChI is InChI=1S/C17H23ClN2O3/c1-23-17(22)12-9-15(16(21)10-12)20-7-5-19(6-8-20)14-4-2-3-13(18)11-14/h2-4,11-12,15-16,21H,5-10H2,1H3/t12-,15-,16+/m0/s1. The largest absolute Gasteiger partial charge is 0.469 e. The first-order chi connectivity index (χ1) is 11.1. The van der Waals surface area contributed by atoms with Crippen LogP contribution in [0.2, 0.25) is 5.02 Å². The van der Waals surface area contributed by atoms with Gasteiger partial charge in [-0.1, -0.05) is 17.7 Å². The van der Waals surface area contributed by atoms with Gasteiger partial charge in [0.05, 0.1) is 19.1 Å². The molecule has 0 bridgehead atoms. The predicted octanol–water partition coefficient (Wildman–Crippen LogP) is 1.77. The number of anilines is 1. The van der Waals surface area contributed by atoms with Gasteiger partial charge in [0.15, 0.2) is 0 Å². The van der Waals surface area contributed by atoms with Crippen LogP contribution in [0.3, 0.4) is 0 Å². The average molecular weight is 339 g/mol. The number of ether oxygens (including phenoxy) is 1. The normalized spacial score (nSPS) is 28.8. The molecule has 126 valence electrons. The number of aliphatic hydroxyl groups excluding tert-OH is 1. The van der Waals surface area contributed by atoms with E-state index in [-0.39, 0.29) is 17.9 Å². The summed E-state index contributed by atoms with van der Waals surface area (Å²) >= 11 is 6.06. The molecule has 5 nitrogen and oxygen atoms in total. The molecule has 0 spiro atoms. The monoisotopic (exact) mass is 338 g/mol. The Balaban J connectivity index is 1.58. The van der Waals surface area contributed by atoms with Gasteiger partial charge in [-0.15, -0.1) is 0 Å². The zero-order valence-electron chi connectivity index (χ0n) is 13.3. The van der Waals surface area contributed by atoms with E-state index in [0.717, 1.165) is 36.9 Å². The van der Waals surface area contributed by atoms with E-state index in [1.54, 1.807) is 0 Å². The van der Waals surface area contributed by atoms with Crippen LogP contribution in [-0.4, -0.2) is 61.4 Å². The molecule has 1 saturated carbocycles. The fourth-order valence-electron chi connectivity index (χ4n) is 3.73. The second kappa shape index (κ2) is 7.07. The van der Waals surface area contributed by atoms with Gasteiger partial charge < -0.3 is 14.7 Å². The molecular formula is C17H23ClN2O3. The van der Waals surface area contributed by atoms with Gasteiger partial charge in [0, 0.05) is 42.9 Å². The zero-order valence-corrected chi connectivity index (χ0v) is 14.1. The average Bonchev–Trinajstić information content (AvgIpc) is 2.96.